The van der Waals surface area contributed by atoms with E-state index >= 15 is 0 Å². The quantitative estimate of drug-likeness (QED) is 0.586. The molecule has 162 valence electrons. The van der Waals surface area contributed by atoms with E-state index < -0.39 is 0 Å². The Bertz CT molecular complexity index is 1090. The van der Waals surface area contributed by atoms with Crippen molar-refractivity contribution in [1.29, 1.82) is 0 Å². The largest absolute Gasteiger partial charge is 0.451 e. The first-order valence-corrected chi connectivity index (χ1v) is 10.8. The number of nitrogens with zero attached hydrogens (tertiary/aromatic N) is 1. The van der Waals surface area contributed by atoms with Crippen molar-refractivity contribution in [3.8, 4) is 0 Å². The molecule has 2 amide bonds. The van der Waals surface area contributed by atoms with Crippen molar-refractivity contribution in [2.24, 2.45) is 0 Å². The normalized spacial score (nSPS) is 14.0. The molecular formula is C25H28N2O4. The van der Waals surface area contributed by atoms with Gasteiger partial charge in [-0.25, -0.2) is 0 Å². The molecule has 0 bridgehead atoms. The van der Waals surface area contributed by atoms with E-state index in [0.717, 1.165) is 35.0 Å². The Balaban J connectivity index is 1.51. The van der Waals surface area contributed by atoms with Crippen LogP contribution >= 0.6 is 0 Å². The average Bonchev–Trinajstić information content (AvgIpc) is 3.34. The number of hydrogen-bond donors (Lipinski definition) is 1. The minimum atomic E-state index is -0.273. The number of furan rings is 1. The van der Waals surface area contributed by atoms with Crippen molar-refractivity contribution >= 4 is 22.8 Å². The summed E-state index contributed by atoms with van der Waals surface area (Å²) < 4.78 is 11.7. The molecule has 1 fully saturated rings. The summed E-state index contributed by atoms with van der Waals surface area (Å²) in [7, 11) is 0. The maximum atomic E-state index is 13.0. The standard InChI is InChI=1S/C25H28N2O4/c1-17(2)30-16-21-20-10-5-6-11-22(20)31-24(21)25(29)26-14-18-8-3-4-9-19(18)15-27-13-7-12-23(27)28/h3-6,8-11,17H,7,12-16H2,1-2H3,(H,26,29). The third-order valence-corrected chi connectivity index (χ3v) is 5.56. The fraction of sp³-hybridized carbons (Fsp3) is 0.360. The van der Waals surface area contributed by atoms with Gasteiger partial charge in [-0.05, 0) is 37.5 Å². The van der Waals surface area contributed by atoms with Gasteiger partial charge in [0.15, 0.2) is 5.76 Å². The van der Waals surface area contributed by atoms with Crippen molar-refractivity contribution < 1.29 is 18.7 Å². The van der Waals surface area contributed by atoms with Crippen LogP contribution in [0.3, 0.4) is 0 Å². The van der Waals surface area contributed by atoms with Gasteiger partial charge in [0.25, 0.3) is 5.91 Å². The molecule has 3 aromatic rings. The minimum Gasteiger partial charge on any atom is -0.451 e. The second kappa shape index (κ2) is 9.35. The Morgan fingerprint density at radius 1 is 1.13 bits per heavy atom. The molecule has 1 aromatic heterocycles. The third-order valence-electron chi connectivity index (χ3n) is 5.56. The number of rotatable bonds is 8. The highest BCUT2D eigenvalue weighted by Gasteiger charge is 2.23. The second-order valence-electron chi connectivity index (χ2n) is 8.14. The van der Waals surface area contributed by atoms with Gasteiger partial charge in [-0.2, -0.15) is 0 Å². The van der Waals surface area contributed by atoms with Crippen LogP contribution in [-0.4, -0.2) is 29.4 Å². The molecule has 2 aromatic carbocycles. The summed E-state index contributed by atoms with van der Waals surface area (Å²) in [6.45, 7) is 5.96. The minimum absolute atomic E-state index is 0.0461. The molecule has 1 saturated heterocycles. The summed E-state index contributed by atoms with van der Waals surface area (Å²) in [5.74, 6) is 0.204. The van der Waals surface area contributed by atoms with E-state index in [-0.39, 0.29) is 23.7 Å². The van der Waals surface area contributed by atoms with E-state index in [9.17, 15) is 9.59 Å². The van der Waals surface area contributed by atoms with Gasteiger partial charge in [0.1, 0.15) is 5.58 Å². The molecule has 0 atom stereocenters. The maximum absolute atomic E-state index is 13.0. The maximum Gasteiger partial charge on any atom is 0.287 e. The number of nitrogens with one attached hydrogen (secondary N) is 1. The first kappa shape index (κ1) is 21.1. The summed E-state index contributed by atoms with van der Waals surface area (Å²) in [6, 6.07) is 15.5. The lowest BCUT2D eigenvalue weighted by atomic mass is 10.1. The van der Waals surface area contributed by atoms with E-state index in [2.05, 4.69) is 5.32 Å². The van der Waals surface area contributed by atoms with Crippen molar-refractivity contribution in [2.75, 3.05) is 6.54 Å². The summed E-state index contributed by atoms with van der Waals surface area (Å²) >= 11 is 0. The molecule has 1 N–H and O–H groups in total. The molecule has 1 aliphatic rings. The van der Waals surface area contributed by atoms with Crippen LogP contribution in [0.2, 0.25) is 0 Å². The number of hydrogen-bond acceptors (Lipinski definition) is 4. The van der Waals surface area contributed by atoms with Gasteiger partial charge in [-0.15, -0.1) is 0 Å². The number of carbonyl (C=O) groups is 2. The lowest BCUT2D eigenvalue weighted by Gasteiger charge is -2.18. The molecule has 0 unspecified atom stereocenters. The van der Waals surface area contributed by atoms with Crippen LogP contribution in [0.15, 0.2) is 52.9 Å². The molecule has 4 rings (SSSR count). The van der Waals surface area contributed by atoms with Crippen molar-refractivity contribution in [1.82, 2.24) is 10.2 Å². The van der Waals surface area contributed by atoms with Gasteiger partial charge in [0, 0.05) is 37.0 Å². The number of likely N-dealkylation sites (tertiary alicyclic amines) is 1. The first-order valence-electron chi connectivity index (χ1n) is 10.8. The molecule has 0 radical (unpaired) electrons. The van der Waals surface area contributed by atoms with Crippen LogP contribution in [0, 0.1) is 0 Å². The number of benzene rings is 2. The molecule has 6 nitrogen and oxygen atoms in total. The van der Waals surface area contributed by atoms with E-state index in [1.807, 2.05) is 67.3 Å². The molecule has 31 heavy (non-hydrogen) atoms. The SMILES string of the molecule is CC(C)OCc1c(C(=O)NCc2ccccc2CN2CCCC2=O)oc2ccccc12. The van der Waals surface area contributed by atoms with E-state index in [1.54, 1.807) is 0 Å². The van der Waals surface area contributed by atoms with E-state index in [1.165, 1.54) is 0 Å². The van der Waals surface area contributed by atoms with E-state index in [4.69, 9.17) is 9.15 Å². The number of amides is 2. The van der Waals surface area contributed by atoms with Crippen LogP contribution in [-0.2, 0) is 29.2 Å². The van der Waals surface area contributed by atoms with Crippen molar-refractivity contribution in [3.63, 3.8) is 0 Å². The Morgan fingerprint density at radius 2 is 1.87 bits per heavy atom. The number of fused-ring (bicyclic) bond motifs is 1. The van der Waals surface area contributed by atoms with E-state index in [0.29, 0.717) is 31.7 Å². The van der Waals surface area contributed by atoms with Gasteiger partial charge in [-0.3, -0.25) is 9.59 Å². The fourth-order valence-corrected chi connectivity index (χ4v) is 3.89. The fourth-order valence-electron chi connectivity index (χ4n) is 3.89. The van der Waals surface area contributed by atoms with Crippen LogP contribution in [0.4, 0.5) is 0 Å². The van der Waals surface area contributed by atoms with Gasteiger partial charge >= 0.3 is 0 Å². The van der Waals surface area contributed by atoms with Crippen LogP contribution < -0.4 is 5.32 Å². The zero-order valence-corrected chi connectivity index (χ0v) is 18.0. The predicted molar refractivity (Wildman–Crippen MR) is 118 cm³/mol. The van der Waals surface area contributed by atoms with Gasteiger partial charge in [-0.1, -0.05) is 42.5 Å². The van der Waals surface area contributed by atoms with Crippen LogP contribution in [0.1, 0.15) is 53.9 Å². The Kier molecular flexibility index (Phi) is 6.37. The Morgan fingerprint density at radius 3 is 2.61 bits per heavy atom. The Hall–Kier alpha value is -3.12. The number of para-hydroxylation sites is 1. The van der Waals surface area contributed by atoms with Crippen molar-refractivity contribution in [2.45, 2.75) is 52.5 Å². The number of carbonyl (C=O) groups excluding carboxylic acids is 2. The van der Waals surface area contributed by atoms with Gasteiger partial charge in [0.05, 0.1) is 12.7 Å². The zero-order chi connectivity index (χ0) is 21.8. The third kappa shape index (κ3) is 4.80. The monoisotopic (exact) mass is 420 g/mol. The van der Waals surface area contributed by atoms with Crippen LogP contribution in [0.5, 0.6) is 0 Å². The predicted octanol–water partition coefficient (Wildman–Crippen LogP) is 4.41. The molecular weight excluding hydrogens is 392 g/mol. The zero-order valence-electron chi connectivity index (χ0n) is 18.0. The van der Waals surface area contributed by atoms with Gasteiger partial charge < -0.3 is 19.4 Å². The smallest absolute Gasteiger partial charge is 0.287 e. The molecule has 1 aliphatic heterocycles. The summed E-state index contributed by atoms with van der Waals surface area (Å²) in [5.41, 5.74) is 3.47. The highest BCUT2D eigenvalue weighted by Crippen LogP contribution is 2.27. The molecule has 0 spiro atoms. The Labute approximate surface area is 182 Å². The first-order chi connectivity index (χ1) is 15.0. The van der Waals surface area contributed by atoms with Crippen molar-refractivity contribution in [3.05, 3.63) is 71.0 Å². The average molecular weight is 421 g/mol. The molecule has 0 saturated carbocycles. The molecule has 0 aliphatic carbocycles. The summed E-state index contributed by atoms with van der Waals surface area (Å²) in [5, 5.41) is 3.88. The lowest BCUT2D eigenvalue weighted by molar-refractivity contribution is -0.128. The number of ether oxygens (including phenoxy) is 1. The summed E-state index contributed by atoms with van der Waals surface area (Å²) in [4.78, 5) is 26.9. The highest BCUT2D eigenvalue weighted by atomic mass is 16.5. The summed E-state index contributed by atoms with van der Waals surface area (Å²) in [6.07, 6.45) is 1.57. The van der Waals surface area contributed by atoms with Crippen LogP contribution in [0.25, 0.3) is 11.0 Å². The lowest BCUT2D eigenvalue weighted by Crippen LogP contribution is -2.27. The van der Waals surface area contributed by atoms with Gasteiger partial charge in [0.2, 0.25) is 5.91 Å². The second-order valence-corrected chi connectivity index (χ2v) is 8.14. The molecule has 6 heteroatoms. The topological polar surface area (TPSA) is 71.8 Å². The highest BCUT2D eigenvalue weighted by molar-refractivity contribution is 5.99. The molecule has 2 heterocycles.